The Morgan fingerprint density at radius 1 is 1.32 bits per heavy atom. The van der Waals surface area contributed by atoms with Crippen molar-refractivity contribution in [2.45, 2.75) is 25.9 Å². The van der Waals surface area contributed by atoms with E-state index >= 15 is 0 Å². The maximum absolute atomic E-state index is 12.3. The fraction of sp³-hybridized carbons (Fsp3) is 0.250. The standard InChI is InChI=1S/C16H16O3/c1-4-16(19-15(18)11(2)3)13-8-6-5-7-12(13)9-10-14(16)17/h5-10H,2,4H2,1,3H3. The van der Waals surface area contributed by atoms with Crippen LogP contribution in [0.1, 0.15) is 31.4 Å². The molecule has 2 rings (SSSR count). The van der Waals surface area contributed by atoms with E-state index in [4.69, 9.17) is 4.74 Å². The van der Waals surface area contributed by atoms with Gasteiger partial charge in [0.15, 0.2) is 5.60 Å². The Balaban J connectivity index is 2.54. The summed E-state index contributed by atoms with van der Waals surface area (Å²) in [5.41, 5.74) is 0.701. The molecule has 3 heteroatoms. The third-order valence-electron chi connectivity index (χ3n) is 3.32. The molecule has 0 fully saturated rings. The van der Waals surface area contributed by atoms with Gasteiger partial charge in [0.2, 0.25) is 5.78 Å². The molecule has 0 saturated heterocycles. The first-order valence-corrected chi connectivity index (χ1v) is 6.22. The quantitative estimate of drug-likeness (QED) is 0.616. The van der Waals surface area contributed by atoms with E-state index in [1.54, 1.807) is 13.0 Å². The summed E-state index contributed by atoms with van der Waals surface area (Å²) in [6, 6.07) is 7.45. The fourth-order valence-corrected chi connectivity index (χ4v) is 2.23. The summed E-state index contributed by atoms with van der Waals surface area (Å²) in [4.78, 5) is 24.1. The maximum Gasteiger partial charge on any atom is 0.334 e. The van der Waals surface area contributed by atoms with Crippen molar-refractivity contribution >= 4 is 17.8 Å². The summed E-state index contributed by atoms with van der Waals surface area (Å²) in [7, 11) is 0. The summed E-state index contributed by atoms with van der Waals surface area (Å²) in [5.74, 6) is -0.747. The second-order valence-electron chi connectivity index (χ2n) is 4.64. The van der Waals surface area contributed by atoms with Crippen LogP contribution in [-0.2, 0) is 19.9 Å². The summed E-state index contributed by atoms with van der Waals surface area (Å²) < 4.78 is 5.49. The monoisotopic (exact) mass is 256 g/mol. The van der Waals surface area contributed by atoms with E-state index in [0.717, 1.165) is 11.1 Å². The molecule has 0 N–H and O–H groups in total. The van der Waals surface area contributed by atoms with E-state index in [1.165, 1.54) is 6.08 Å². The van der Waals surface area contributed by atoms with Crippen LogP contribution >= 0.6 is 0 Å². The number of hydrogen-bond donors (Lipinski definition) is 0. The number of carbonyl (C=O) groups is 2. The average Bonchev–Trinajstić information content (AvgIpc) is 2.41. The van der Waals surface area contributed by atoms with Crippen LogP contribution in [0, 0.1) is 0 Å². The lowest BCUT2D eigenvalue weighted by atomic mass is 9.80. The van der Waals surface area contributed by atoms with E-state index in [0.29, 0.717) is 6.42 Å². The number of benzene rings is 1. The molecule has 1 aromatic carbocycles. The number of ether oxygens (including phenoxy) is 1. The zero-order chi connectivity index (χ0) is 14.0. The zero-order valence-electron chi connectivity index (χ0n) is 11.1. The fourth-order valence-electron chi connectivity index (χ4n) is 2.23. The molecule has 0 aromatic heterocycles. The van der Waals surface area contributed by atoms with Crippen molar-refractivity contribution in [3.63, 3.8) is 0 Å². The Kier molecular flexibility index (Phi) is 3.38. The van der Waals surface area contributed by atoms with Gasteiger partial charge in [-0.2, -0.15) is 0 Å². The zero-order valence-corrected chi connectivity index (χ0v) is 11.1. The van der Waals surface area contributed by atoms with Gasteiger partial charge >= 0.3 is 5.97 Å². The number of ketones is 1. The number of carbonyl (C=O) groups excluding carboxylic acids is 2. The maximum atomic E-state index is 12.3. The molecule has 0 heterocycles. The Bertz CT molecular complexity index is 583. The van der Waals surface area contributed by atoms with Crippen LogP contribution in [0.15, 0.2) is 42.5 Å². The van der Waals surface area contributed by atoms with Gasteiger partial charge in [-0.25, -0.2) is 4.79 Å². The van der Waals surface area contributed by atoms with Crippen LogP contribution in [0.4, 0.5) is 0 Å². The lowest BCUT2D eigenvalue weighted by Crippen LogP contribution is -2.41. The van der Waals surface area contributed by atoms with Crippen LogP contribution in [-0.4, -0.2) is 11.8 Å². The molecular weight excluding hydrogens is 240 g/mol. The highest BCUT2D eigenvalue weighted by molar-refractivity contribution is 6.05. The van der Waals surface area contributed by atoms with Gasteiger partial charge in [0.1, 0.15) is 0 Å². The molecule has 1 aliphatic carbocycles. The molecule has 0 aliphatic heterocycles. The molecule has 1 aliphatic rings. The molecule has 98 valence electrons. The number of fused-ring (bicyclic) bond motifs is 1. The minimum absolute atomic E-state index is 0.205. The molecule has 0 radical (unpaired) electrons. The molecule has 1 atom stereocenters. The van der Waals surface area contributed by atoms with E-state index in [-0.39, 0.29) is 11.4 Å². The van der Waals surface area contributed by atoms with Gasteiger partial charge in [-0.1, -0.05) is 43.8 Å². The molecule has 0 saturated carbocycles. The lowest BCUT2D eigenvalue weighted by molar-refractivity contribution is -0.164. The SMILES string of the molecule is C=C(C)C(=O)OC1(CC)C(=O)C=Cc2ccccc21. The Morgan fingerprint density at radius 2 is 2.00 bits per heavy atom. The molecular formula is C16H16O3. The topological polar surface area (TPSA) is 43.4 Å². The third-order valence-corrected chi connectivity index (χ3v) is 3.32. The van der Waals surface area contributed by atoms with Crippen molar-refractivity contribution in [3.05, 3.63) is 53.6 Å². The summed E-state index contributed by atoms with van der Waals surface area (Å²) in [6.45, 7) is 6.97. The molecule has 3 nitrogen and oxygen atoms in total. The largest absolute Gasteiger partial charge is 0.442 e. The Labute approximate surface area is 112 Å². The second-order valence-corrected chi connectivity index (χ2v) is 4.64. The smallest absolute Gasteiger partial charge is 0.334 e. The first-order valence-electron chi connectivity index (χ1n) is 6.22. The Hall–Kier alpha value is -2.16. The minimum atomic E-state index is -1.22. The summed E-state index contributed by atoms with van der Waals surface area (Å²) in [5, 5.41) is 0. The van der Waals surface area contributed by atoms with Crippen LogP contribution in [0.25, 0.3) is 6.08 Å². The van der Waals surface area contributed by atoms with Gasteiger partial charge in [-0.15, -0.1) is 0 Å². The van der Waals surface area contributed by atoms with Crippen LogP contribution in [0.2, 0.25) is 0 Å². The molecule has 0 bridgehead atoms. The molecule has 0 amide bonds. The van der Waals surface area contributed by atoms with E-state index < -0.39 is 11.6 Å². The highest BCUT2D eigenvalue weighted by Crippen LogP contribution is 2.37. The summed E-state index contributed by atoms with van der Waals surface area (Å²) >= 11 is 0. The van der Waals surface area contributed by atoms with Crippen LogP contribution < -0.4 is 0 Å². The van der Waals surface area contributed by atoms with E-state index in [9.17, 15) is 9.59 Å². The van der Waals surface area contributed by atoms with Crippen LogP contribution in [0.3, 0.4) is 0 Å². The first kappa shape index (κ1) is 13.3. The number of rotatable bonds is 3. The third kappa shape index (κ3) is 2.12. The van der Waals surface area contributed by atoms with Crippen molar-refractivity contribution in [1.29, 1.82) is 0 Å². The second kappa shape index (κ2) is 4.84. The van der Waals surface area contributed by atoms with Crippen molar-refractivity contribution in [2.75, 3.05) is 0 Å². The number of esters is 1. The molecule has 1 aromatic rings. The normalized spacial score (nSPS) is 20.8. The average molecular weight is 256 g/mol. The first-order chi connectivity index (χ1) is 9.01. The predicted molar refractivity (Wildman–Crippen MR) is 73.4 cm³/mol. The van der Waals surface area contributed by atoms with Gasteiger partial charge in [-0.05, 0) is 25.0 Å². The van der Waals surface area contributed by atoms with Crippen molar-refractivity contribution in [2.24, 2.45) is 0 Å². The minimum Gasteiger partial charge on any atom is -0.442 e. The summed E-state index contributed by atoms with van der Waals surface area (Å²) in [6.07, 6.45) is 3.62. The van der Waals surface area contributed by atoms with Gasteiger partial charge in [-0.3, -0.25) is 4.79 Å². The van der Waals surface area contributed by atoms with Gasteiger partial charge in [0, 0.05) is 11.1 Å². The Morgan fingerprint density at radius 3 is 2.63 bits per heavy atom. The lowest BCUT2D eigenvalue weighted by Gasteiger charge is -2.34. The predicted octanol–water partition coefficient (Wildman–Crippen LogP) is 3.01. The highest BCUT2D eigenvalue weighted by atomic mass is 16.6. The van der Waals surface area contributed by atoms with Crippen LogP contribution in [0.5, 0.6) is 0 Å². The molecule has 1 unspecified atom stereocenters. The number of hydrogen-bond acceptors (Lipinski definition) is 3. The van der Waals surface area contributed by atoms with Gasteiger partial charge in [0.05, 0.1) is 0 Å². The van der Waals surface area contributed by atoms with Crippen molar-refractivity contribution in [3.8, 4) is 0 Å². The highest BCUT2D eigenvalue weighted by Gasteiger charge is 2.44. The van der Waals surface area contributed by atoms with Crippen molar-refractivity contribution < 1.29 is 14.3 Å². The van der Waals surface area contributed by atoms with Crippen molar-refractivity contribution in [1.82, 2.24) is 0 Å². The molecule has 19 heavy (non-hydrogen) atoms. The van der Waals surface area contributed by atoms with Gasteiger partial charge in [0.25, 0.3) is 0 Å². The van der Waals surface area contributed by atoms with E-state index in [2.05, 4.69) is 6.58 Å². The van der Waals surface area contributed by atoms with Gasteiger partial charge < -0.3 is 4.74 Å². The molecule has 0 spiro atoms. The van der Waals surface area contributed by atoms with E-state index in [1.807, 2.05) is 31.2 Å².